The van der Waals surface area contributed by atoms with Crippen LogP contribution in [-0.4, -0.2) is 35.0 Å². The van der Waals surface area contributed by atoms with Crippen molar-refractivity contribution in [1.29, 1.82) is 0 Å². The van der Waals surface area contributed by atoms with Crippen molar-refractivity contribution in [3.63, 3.8) is 0 Å². The van der Waals surface area contributed by atoms with Gasteiger partial charge in [-0.2, -0.15) is 0 Å². The summed E-state index contributed by atoms with van der Waals surface area (Å²) in [6.45, 7) is 4.10. The van der Waals surface area contributed by atoms with Gasteiger partial charge in [-0.15, -0.1) is 0 Å². The summed E-state index contributed by atoms with van der Waals surface area (Å²) in [5, 5.41) is 19.4. The highest BCUT2D eigenvalue weighted by molar-refractivity contribution is 5.69. The average Bonchev–Trinajstić information content (AvgIpc) is 2.81. The van der Waals surface area contributed by atoms with Gasteiger partial charge in [-0.3, -0.25) is 4.79 Å². The van der Waals surface area contributed by atoms with Crippen LogP contribution in [0.5, 0.6) is 0 Å². The van der Waals surface area contributed by atoms with Gasteiger partial charge in [-0.05, 0) is 51.4 Å². The molecule has 4 nitrogen and oxygen atoms in total. The van der Waals surface area contributed by atoms with Crippen LogP contribution in [0.2, 0.25) is 0 Å². The summed E-state index contributed by atoms with van der Waals surface area (Å²) in [5.41, 5.74) is 0. The van der Waals surface area contributed by atoms with E-state index in [1.807, 2.05) is 19.9 Å². The number of carbonyl (C=O) groups excluding carboxylic acids is 1. The predicted molar refractivity (Wildman–Crippen MR) is 87.4 cm³/mol. The fraction of sp³-hybridized carbons (Fsp3) is 0.833. The number of hydrogen-bond acceptors (Lipinski definition) is 4. The Labute approximate surface area is 134 Å². The van der Waals surface area contributed by atoms with Crippen LogP contribution < -0.4 is 0 Å². The highest BCUT2D eigenvalue weighted by atomic mass is 16.5. The van der Waals surface area contributed by atoms with Crippen LogP contribution in [0.25, 0.3) is 0 Å². The maximum atomic E-state index is 11.2. The maximum absolute atomic E-state index is 11.2. The molecule has 0 heterocycles. The van der Waals surface area contributed by atoms with Gasteiger partial charge in [0.15, 0.2) is 0 Å². The molecule has 1 unspecified atom stereocenters. The third-order valence-electron chi connectivity index (χ3n) is 4.44. The lowest BCUT2D eigenvalue weighted by atomic mass is 9.85. The van der Waals surface area contributed by atoms with Crippen molar-refractivity contribution in [3.8, 4) is 0 Å². The number of carbonyl (C=O) groups is 1. The Morgan fingerprint density at radius 2 is 1.91 bits per heavy atom. The fourth-order valence-electron chi connectivity index (χ4n) is 3.16. The molecule has 0 fully saturated rings. The first-order valence-electron chi connectivity index (χ1n) is 8.74. The Hall–Kier alpha value is -0.870. The monoisotopic (exact) mass is 312 g/mol. The molecule has 4 atom stereocenters. The van der Waals surface area contributed by atoms with Crippen LogP contribution in [-0.2, 0) is 9.53 Å². The van der Waals surface area contributed by atoms with E-state index >= 15 is 0 Å². The minimum absolute atomic E-state index is 0.101. The third-order valence-corrected chi connectivity index (χ3v) is 4.44. The predicted octanol–water partition coefficient (Wildman–Crippen LogP) is 3.21. The Morgan fingerprint density at radius 3 is 2.59 bits per heavy atom. The van der Waals surface area contributed by atoms with E-state index in [0.717, 1.165) is 44.9 Å². The number of allylic oxidation sites excluding steroid dienone is 1. The summed E-state index contributed by atoms with van der Waals surface area (Å²) < 4.78 is 4.90. The average molecular weight is 312 g/mol. The molecule has 0 aromatic rings. The van der Waals surface area contributed by atoms with E-state index in [-0.39, 0.29) is 18.2 Å². The van der Waals surface area contributed by atoms with Crippen molar-refractivity contribution in [2.24, 2.45) is 11.8 Å². The lowest BCUT2D eigenvalue weighted by Crippen LogP contribution is -2.21. The highest BCUT2D eigenvalue weighted by Crippen LogP contribution is 2.33. The molecule has 2 N–H and O–H groups in total. The largest absolute Gasteiger partial charge is 0.466 e. The molecule has 1 aliphatic rings. The molecule has 0 aliphatic heterocycles. The van der Waals surface area contributed by atoms with Gasteiger partial charge in [0.05, 0.1) is 18.8 Å². The second-order valence-corrected chi connectivity index (χ2v) is 6.39. The zero-order valence-corrected chi connectivity index (χ0v) is 14.0. The van der Waals surface area contributed by atoms with Gasteiger partial charge in [-0.25, -0.2) is 0 Å². The van der Waals surface area contributed by atoms with Crippen molar-refractivity contribution in [3.05, 3.63) is 12.2 Å². The van der Waals surface area contributed by atoms with E-state index in [4.69, 9.17) is 4.74 Å². The lowest BCUT2D eigenvalue weighted by Gasteiger charge is -2.22. The molecule has 1 rings (SSSR count). The Morgan fingerprint density at radius 1 is 1.18 bits per heavy atom. The molecule has 1 aliphatic carbocycles. The molecule has 0 saturated heterocycles. The SMILES string of the molecule is CCOC(=O)CCCCCC[C@H]1[C@@H](O)C=C[C@H]1CCC(C)O. The van der Waals surface area contributed by atoms with Crippen molar-refractivity contribution in [1.82, 2.24) is 0 Å². The molecule has 0 amide bonds. The number of ether oxygens (including phenoxy) is 1. The normalized spacial score (nSPS) is 25.4. The van der Waals surface area contributed by atoms with Crippen molar-refractivity contribution < 1.29 is 19.7 Å². The van der Waals surface area contributed by atoms with Gasteiger partial charge in [0, 0.05) is 6.42 Å². The second-order valence-electron chi connectivity index (χ2n) is 6.39. The molecule has 4 heteroatoms. The van der Waals surface area contributed by atoms with E-state index in [9.17, 15) is 15.0 Å². The van der Waals surface area contributed by atoms with Crippen molar-refractivity contribution >= 4 is 5.97 Å². The van der Waals surface area contributed by atoms with E-state index in [1.54, 1.807) is 0 Å². The first-order chi connectivity index (χ1) is 10.5. The van der Waals surface area contributed by atoms with Crippen molar-refractivity contribution in [2.45, 2.75) is 77.4 Å². The van der Waals surface area contributed by atoms with Gasteiger partial charge in [0.1, 0.15) is 0 Å². The van der Waals surface area contributed by atoms with E-state index in [0.29, 0.717) is 24.9 Å². The number of unbranched alkanes of at least 4 members (excludes halogenated alkanes) is 3. The summed E-state index contributed by atoms with van der Waals surface area (Å²) in [7, 11) is 0. The fourth-order valence-corrected chi connectivity index (χ4v) is 3.16. The topological polar surface area (TPSA) is 66.8 Å². The Balaban J connectivity index is 2.13. The first kappa shape index (κ1) is 19.2. The number of aliphatic hydroxyl groups excluding tert-OH is 2. The summed E-state index contributed by atoms with van der Waals surface area (Å²) in [6, 6.07) is 0. The van der Waals surface area contributed by atoms with Gasteiger partial charge in [0.2, 0.25) is 0 Å². The van der Waals surface area contributed by atoms with Crippen LogP contribution in [0.1, 0.15) is 65.2 Å². The molecule has 0 spiro atoms. The number of hydrogen-bond donors (Lipinski definition) is 2. The summed E-state index contributed by atoms with van der Waals surface area (Å²) in [4.78, 5) is 11.2. The highest BCUT2D eigenvalue weighted by Gasteiger charge is 2.29. The minimum atomic E-state index is -0.335. The molecule has 128 valence electrons. The van der Waals surface area contributed by atoms with Gasteiger partial charge >= 0.3 is 5.97 Å². The molecular formula is C18H32O4. The van der Waals surface area contributed by atoms with Crippen molar-refractivity contribution in [2.75, 3.05) is 6.61 Å². The summed E-state index contributed by atoms with van der Waals surface area (Å²) in [5.74, 6) is 0.587. The van der Waals surface area contributed by atoms with Gasteiger partial charge in [0.25, 0.3) is 0 Å². The van der Waals surface area contributed by atoms with E-state index in [2.05, 4.69) is 6.08 Å². The Bertz CT molecular complexity index is 338. The molecular weight excluding hydrogens is 280 g/mol. The second kappa shape index (κ2) is 10.8. The maximum Gasteiger partial charge on any atom is 0.305 e. The van der Waals surface area contributed by atoms with E-state index < -0.39 is 0 Å². The smallest absolute Gasteiger partial charge is 0.305 e. The van der Waals surface area contributed by atoms with Crippen LogP contribution >= 0.6 is 0 Å². The zero-order valence-electron chi connectivity index (χ0n) is 14.0. The van der Waals surface area contributed by atoms with Gasteiger partial charge in [-0.1, -0.05) is 31.4 Å². The molecule has 0 radical (unpaired) electrons. The standard InChI is InChI=1S/C18H32O4/c1-3-22-18(21)9-7-5-4-6-8-16-15(11-10-14(2)19)12-13-17(16)20/h12-17,19-20H,3-11H2,1-2H3/t14?,15-,16-,17+/m1/s1. The summed E-state index contributed by atoms with van der Waals surface area (Å²) >= 11 is 0. The number of esters is 1. The molecule has 0 aromatic carbocycles. The minimum Gasteiger partial charge on any atom is -0.466 e. The first-order valence-corrected chi connectivity index (χ1v) is 8.74. The zero-order chi connectivity index (χ0) is 16.4. The lowest BCUT2D eigenvalue weighted by molar-refractivity contribution is -0.143. The van der Waals surface area contributed by atoms with Gasteiger partial charge < -0.3 is 14.9 Å². The summed E-state index contributed by atoms with van der Waals surface area (Å²) in [6.07, 6.45) is 10.8. The van der Waals surface area contributed by atoms with E-state index in [1.165, 1.54) is 0 Å². The molecule has 0 bridgehead atoms. The van der Waals surface area contributed by atoms with Crippen LogP contribution in [0.3, 0.4) is 0 Å². The molecule has 22 heavy (non-hydrogen) atoms. The van der Waals surface area contributed by atoms with Crippen LogP contribution in [0.15, 0.2) is 12.2 Å². The number of rotatable bonds is 11. The van der Waals surface area contributed by atoms with Crippen LogP contribution in [0, 0.1) is 11.8 Å². The van der Waals surface area contributed by atoms with Crippen LogP contribution in [0.4, 0.5) is 0 Å². The Kier molecular flexibility index (Phi) is 9.41. The quantitative estimate of drug-likeness (QED) is 0.349. The number of aliphatic hydroxyl groups is 2. The molecule has 0 aromatic heterocycles. The molecule has 0 saturated carbocycles. The third kappa shape index (κ3) is 7.41.